The van der Waals surface area contributed by atoms with Gasteiger partial charge in [0.05, 0.1) is 0 Å². The van der Waals surface area contributed by atoms with Crippen LogP contribution in [0.3, 0.4) is 0 Å². The van der Waals surface area contributed by atoms with Gasteiger partial charge in [0.25, 0.3) is 0 Å². The Morgan fingerprint density at radius 2 is 1.39 bits per heavy atom. The second kappa shape index (κ2) is 6.45. The van der Waals surface area contributed by atoms with Crippen LogP contribution in [0.25, 0.3) is 6.08 Å². The van der Waals surface area contributed by atoms with Crippen LogP contribution in [0.1, 0.15) is 16.7 Å². The summed E-state index contributed by atoms with van der Waals surface area (Å²) in [5, 5.41) is 0. The van der Waals surface area contributed by atoms with E-state index in [-0.39, 0.29) is 37.1 Å². The third-order valence-electron chi connectivity index (χ3n) is 3.13. The second-order valence-corrected chi connectivity index (χ2v) is 6.03. The molecule has 1 unspecified atom stereocenters. The quantitative estimate of drug-likeness (QED) is 0.601. The Morgan fingerprint density at radius 3 is 2.11 bits per heavy atom. The molecule has 1 aliphatic rings. The van der Waals surface area contributed by atoms with Crippen molar-refractivity contribution < 1.29 is 24.7 Å². The van der Waals surface area contributed by atoms with Gasteiger partial charge in [0.15, 0.2) is 0 Å². The van der Waals surface area contributed by atoms with Crippen LogP contribution in [-0.2, 0) is 27.8 Å². The van der Waals surface area contributed by atoms with E-state index in [9.17, 15) is 0 Å². The van der Waals surface area contributed by atoms with Crippen LogP contribution in [0.15, 0.2) is 60.7 Å². The Kier molecular flexibility index (Phi) is 5.76. The molecule has 0 N–H and O–H groups in total. The molecule has 0 aliphatic heterocycles. The number of rotatable bonds is 1. The number of halogens is 2. The van der Waals surface area contributed by atoms with Crippen LogP contribution in [0.2, 0.25) is 0 Å². The third-order valence-corrected chi connectivity index (χ3v) is 4.91. The Morgan fingerprint density at radius 1 is 0.778 bits per heavy atom. The molecule has 0 nitrogen and oxygen atoms in total. The zero-order valence-corrected chi connectivity index (χ0v) is 15.6. The average Bonchev–Trinajstić information content (AvgIpc) is 2.71. The van der Waals surface area contributed by atoms with Crippen LogP contribution < -0.4 is 0 Å². The number of fused-ring (bicyclic) bond motifs is 1. The molecule has 1 atom stereocenters. The van der Waals surface area contributed by atoms with Crippen molar-refractivity contribution in [2.45, 2.75) is 3.12 Å². The topological polar surface area (TPSA) is 0 Å². The van der Waals surface area contributed by atoms with E-state index >= 15 is 0 Å². The average molecular weight is 444 g/mol. The number of hydrogen-bond donors (Lipinski definition) is 0. The second-order valence-electron chi connectivity index (χ2n) is 4.09. The first-order valence-electron chi connectivity index (χ1n) is 5.40. The molecule has 0 fully saturated rings. The molecule has 0 amide bonds. The van der Waals surface area contributed by atoms with Gasteiger partial charge < -0.3 is 0 Å². The van der Waals surface area contributed by atoms with Crippen molar-refractivity contribution in [2.75, 3.05) is 0 Å². The molecule has 1 aliphatic carbocycles. The summed E-state index contributed by atoms with van der Waals surface area (Å²) >= 11 is 1.52. The summed E-state index contributed by atoms with van der Waals surface area (Å²) in [6, 6.07) is 19.4. The van der Waals surface area contributed by atoms with Crippen molar-refractivity contribution in [3.8, 4) is 0 Å². The fourth-order valence-corrected chi connectivity index (χ4v) is 3.43. The normalized spacial score (nSPS) is 19.5. The predicted molar refractivity (Wildman–Crippen MR) is 83.3 cm³/mol. The molecule has 0 saturated heterocycles. The van der Waals surface area contributed by atoms with E-state index < -0.39 is 0 Å². The summed E-state index contributed by atoms with van der Waals surface area (Å²) in [6.45, 7) is 0. The van der Waals surface area contributed by atoms with Crippen molar-refractivity contribution >= 4 is 40.0 Å². The monoisotopic (exact) mass is 441 g/mol. The first kappa shape index (κ1) is 16.1. The van der Waals surface area contributed by atoms with Crippen LogP contribution in [0, 0.1) is 0 Å². The molecular formula is C15H13Br2Zr. The Labute approximate surface area is 144 Å². The molecule has 3 rings (SSSR count). The SMILES string of the molecule is Br.Br.[Zr][C]1(c2ccccc2)C=Cc2ccccc21. The summed E-state index contributed by atoms with van der Waals surface area (Å²) in [6.07, 6.45) is 4.59. The molecule has 3 heteroatoms. The van der Waals surface area contributed by atoms with Crippen LogP contribution in [0.5, 0.6) is 0 Å². The van der Waals surface area contributed by atoms with Crippen molar-refractivity contribution in [1.82, 2.24) is 0 Å². The van der Waals surface area contributed by atoms with E-state index in [0.29, 0.717) is 0 Å². The Bertz CT molecular complexity index is 551. The maximum absolute atomic E-state index is 2.34. The molecule has 2 aromatic rings. The molecule has 0 bridgehead atoms. The number of hydrogen-bond acceptors (Lipinski definition) is 0. The summed E-state index contributed by atoms with van der Waals surface area (Å²) < 4.78 is 0.130. The molecule has 18 heavy (non-hydrogen) atoms. The van der Waals surface area contributed by atoms with Crippen molar-refractivity contribution in [2.24, 2.45) is 0 Å². The van der Waals surface area contributed by atoms with E-state index in [1.165, 1.54) is 41.4 Å². The number of benzene rings is 2. The van der Waals surface area contributed by atoms with Gasteiger partial charge in [-0.2, -0.15) is 0 Å². The summed E-state index contributed by atoms with van der Waals surface area (Å²) in [5.41, 5.74) is 4.21. The van der Waals surface area contributed by atoms with Gasteiger partial charge in [-0.3, -0.25) is 0 Å². The van der Waals surface area contributed by atoms with Crippen molar-refractivity contribution in [1.29, 1.82) is 0 Å². The van der Waals surface area contributed by atoms with Crippen LogP contribution in [-0.4, -0.2) is 0 Å². The fourth-order valence-electron chi connectivity index (χ4n) is 2.26. The Hall–Kier alpha value is 0.0231. The van der Waals surface area contributed by atoms with E-state index in [1.807, 2.05) is 0 Å². The van der Waals surface area contributed by atoms with Crippen molar-refractivity contribution in [3.05, 3.63) is 77.4 Å². The molecule has 2 aromatic carbocycles. The van der Waals surface area contributed by atoms with E-state index in [4.69, 9.17) is 0 Å². The van der Waals surface area contributed by atoms with Gasteiger partial charge in [0.2, 0.25) is 0 Å². The molecule has 0 heterocycles. The van der Waals surface area contributed by atoms with E-state index in [0.717, 1.165) is 0 Å². The van der Waals surface area contributed by atoms with Gasteiger partial charge in [-0.05, 0) is 0 Å². The summed E-state index contributed by atoms with van der Waals surface area (Å²) in [4.78, 5) is 0. The predicted octanol–water partition coefficient (Wildman–Crippen LogP) is 4.66. The molecule has 0 saturated carbocycles. The van der Waals surface area contributed by atoms with Gasteiger partial charge in [0.1, 0.15) is 0 Å². The molecular weight excluding hydrogens is 431 g/mol. The first-order chi connectivity index (χ1) is 7.81. The van der Waals surface area contributed by atoms with Gasteiger partial charge in [-0.1, -0.05) is 0 Å². The van der Waals surface area contributed by atoms with Crippen molar-refractivity contribution in [3.63, 3.8) is 0 Å². The van der Waals surface area contributed by atoms with Gasteiger partial charge in [-0.25, -0.2) is 0 Å². The minimum absolute atomic E-state index is 0. The number of allylic oxidation sites excluding steroid dienone is 1. The standard InChI is InChI=1S/C15H11.2BrH.Zr/c1-2-6-12(7-3-1)15-11-10-13-8-4-5-9-14(13)15;;;/h1-11H;2*1H;. The maximum atomic E-state index is 2.34. The van der Waals surface area contributed by atoms with E-state index in [2.05, 4.69) is 66.7 Å². The minimum atomic E-state index is 0. The fraction of sp³-hybridized carbons (Fsp3) is 0.0667. The molecule has 0 aromatic heterocycles. The first-order valence-corrected chi connectivity index (χ1v) is 6.63. The zero-order chi connectivity index (χ0) is 11.0. The molecule has 0 spiro atoms. The van der Waals surface area contributed by atoms with Gasteiger partial charge in [-0.15, -0.1) is 34.0 Å². The van der Waals surface area contributed by atoms with Crippen LogP contribution >= 0.6 is 34.0 Å². The van der Waals surface area contributed by atoms with E-state index in [1.54, 1.807) is 0 Å². The molecule has 0 radical (unpaired) electrons. The van der Waals surface area contributed by atoms with Gasteiger partial charge >= 0.3 is 111 Å². The van der Waals surface area contributed by atoms with Crippen LogP contribution in [0.4, 0.5) is 0 Å². The summed E-state index contributed by atoms with van der Waals surface area (Å²) in [5.74, 6) is 0. The Balaban J connectivity index is 0.000000810. The third kappa shape index (κ3) is 2.64. The van der Waals surface area contributed by atoms with Gasteiger partial charge in [0, 0.05) is 0 Å². The molecule has 91 valence electrons. The summed E-state index contributed by atoms with van der Waals surface area (Å²) in [7, 11) is 0. The zero-order valence-electron chi connectivity index (χ0n) is 9.67.